The second-order valence-corrected chi connectivity index (χ2v) is 2.84. The molecule has 74 valence electrons. The van der Waals surface area contributed by atoms with E-state index >= 15 is 0 Å². The van der Waals surface area contributed by atoms with Crippen LogP contribution in [0.4, 0.5) is 0 Å². The molecule has 0 saturated heterocycles. The summed E-state index contributed by atoms with van der Waals surface area (Å²) in [6, 6.07) is -1.70. The maximum absolute atomic E-state index is 10.4. The predicted octanol–water partition coefficient (Wildman–Crippen LogP) is -1.04. The quantitative estimate of drug-likeness (QED) is 0.401. The minimum Gasteiger partial charge on any atom is -0.479 e. The predicted molar refractivity (Wildman–Crippen MR) is 48.5 cm³/mol. The SMILES string of the molecule is CN(C)C(=S)NC(C(=O)O)C(=O)O. The van der Waals surface area contributed by atoms with Gasteiger partial charge in [0.1, 0.15) is 0 Å². The van der Waals surface area contributed by atoms with Gasteiger partial charge in [0.2, 0.25) is 6.04 Å². The van der Waals surface area contributed by atoms with Gasteiger partial charge >= 0.3 is 11.9 Å². The number of aliphatic carboxylic acids is 2. The van der Waals surface area contributed by atoms with Gasteiger partial charge in [-0.3, -0.25) is 0 Å². The average Bonchev–Trinajstić information content (AvgIpc) is 1.97. The van der Waals surface area contributed by atoms with Crippen molar-refractivity contribution in [1.82, 2.24) is 10.2 Å². The highest BCUT2D eigenvalue weighted by Crippen LogP contribution is 1.87. The fourth-order valence-corrected chi connectivity index (χ4v) is 0.600. The first-order valence-electron chi connectivity index (χ1n) is 3.29. The topological polar surface area (TPSA) is 89.9 Å². The Labute approximate surface area is 80.1 Å². The van der Waals surface area contributed by atoms with Crippen LogP contribution in [0.2, 0.25) is 0 Å². The number of hydrogen-bond donors (Lipinski definition) is 3. The normalized spacial score (nSPS) is 9.46. The summed E-state index contributed by atoms with van der Waals surface area (Å²) in [7, 11) is 3.16. The smallest absolute Gasteiger partial charge is 0.338 e. The van der Waals surface area contributed by atoms with E-state index in [4.69, 9.17) is 10.2 Å². The van der Waals surface area contributed by atoms with E-state index in [-0.39, 0.29) is 5.11 Å². The third kappa shape index (κ3) is 3.70. The number of rotatable bonds is 3. The molecule has 0 aliphatic heterocycles. The summed E-state index contributed by atoms with van der Waals surface area (Å²) < 4.78 is 0. The number of nitrogens with one attached hydrogen (secondary N) is 1. The highest BCUT2D eigenvalue weighted by molar-refractivity contribution is 7.80. The van der Waals surface area contributed by atoms with Crippen molar-refractivity contribution in [3.05, 3.63) is 0 Å². The first-order valence-corrected chi connectivity index (χ1v) is 3.70. The molecule has 0 saturated carbocycles. The van der Waals surface area contributed by atoms with Crippen LogP contribution < -0.4 is 5.32 Å². The van der Waals surface area contributed by atoms with E-state index in [9.17, 15) is 9.59 Å². The standard InChI is InChI=1S/C6H10N2O4S/c1-8(2)6(13)7-3(4(9)10)5(11)12/h3H,1-2H3,(H,7,13)(H,9,10)(H,11,12). The summed E-state index contributed by atoms with van der Waals surface area (Å²) >= 11 is 4.68. The van der Waals surface area contributed by atoms with E-state index in [0.29, 0.717) is 0 Å². The van der Waals surface area contributed by atoms with Crippen LogP contribution >= 0.6 is 12.2 Å². The van der Waals surface area contributed by atoms with Gasteiger partial charge in [-0.15, -0.1) is 0 Å². The summed E-state index contributed by atoms with van der Waals surface area (Å²) in [6.07, 6.45) is 0. The van der Waals surface area contributed by atoms with Crippen LogP contribution in [0.1, 0.15) is 0 Å². The lowest BCUT2D eigenvalue weighted by Gasteiger charge is -2.17. The third-order valence-electron chi connectivity index (χ3n) is 1.17. The van der Waals surface area contributed by atoms with Crippen LogP contribution in [-0.2, 0) is 9.59 Å². The lowest BCUT2D eigenvalue weighted by atomic mass is 10.3. The summed E-state index contributed by atoms with van der Waals surface area (Å²) in [4.78, 5) is 22.2. The molecule has 0 atom stereocenters. The number of carboxylic acid groups (broad SMARTS) is 2. The zero-order valence-electron chi connectivity index (χ0n) is 7.14. The molecule has 13 heavy (non-hydrogen) atoms. The third-order valence-corrected chi connectivity index (χ3v) is 1.65. The van der Waals surface area contributed by atoms with Crippen molar-refractivity contribution in [2.24, 2.45) is 0 Å². The molecule has 0 heterocycles. The first-order chi connectivity index (χ1) is 5.86. The Morgan fingerprint density at radius 1 is 1.31 bits per heavy atom. The van der Waals surface area contributed by atoms with Gasteiger partial charge in [0.25, 0.3) is 0 Å². The van der Waals surface area contributed by atoms with Gasteiger partial charge in [0.15, 0.2) is 5.11 Å². The highest BCUT2D eigenvalue weighted by atomic mass is 32.1. The Morgan fingerprint density at radius 3 is 1.92 bits per heavy atom. The van der Waals surface area contributed by atoms with Gasteiger partial charge < -0.3 is 20.4 Å². The molecule has 0 spiro atoms. The molecule has 0 radical (unpaired) electrons. The van der Waals surface area contributed by atoms with Gasteiger partial charge in [-0.2, -0.15) is 0 Å². The van der Waals surface area contributed by atoms with Crippen molar-refractivity contribution in [3.63, 3.8) is 0 Å². The molecular formula is C6H10N2O4S. The van der Waals surface area contributed by atoms with Gasteiger partial charge in [0, 0.05) is 14.1 Å². The Balaban J connectivity index is 4.36. The van der Waals surface area contributed by atoms with Crippen molar-refractivity contribution in [2.45, 2.75) is 6.04 Å². The Bertz CT molecular complexity index is 227. The Kier molecular flexibility index (Phi) is 4.12. The number of nitrogens with zero attached hydrogens (tertiary/aromatic N) is 1. The zero-order valence-corrected chi connectivity index (χ0v) is 7.96. The second kappa shape index (κ2) is 4.61. The molecule has 0 aromatic rings. The van der Waals surface area contributed by atoms with Crippen LogP contribution in [0.25, 0.3) is 0 Å². The van der Waals surface area contributed by atoms with Crippen LogP contribution in [0.15, 0.2) is 0 Å². The van der Waals surface area contributed by atoms with Crippen molar-refractivity contribution in [1.29, 1.82) is 0 Å². The van der Waals surface area contributed by atoms with Crippen molar-refractivity contribution in [3.8, 4) is 0 Å². The zero-order chi connectivity index (χ0) is 10.6. The lowest BCUT2D eigenvalue weighted by molar-refractivity contribution is -0.150. The van der Waals surface area contributed by atoms with Crippen LogP contribution in [0.3, 0.4) is 0 Å². The highest BCUT2D eigenvalue weighted by Gasteiger charge is 2.26. The van der Waals surface area contributed by atoms with E-state index in [1.165, 1.54) is 4.90 Å². The van der Waals surface area contributed by atoms with Crippen molar-refractivity contribution < 1.29 is 19.8 Å². The maximum Gasteiger partial charge on any atom is 0.338 e. The van der Waals surface area contributed by atoms with Crippen molar-refractivity contribution in [2.75, 3.05) is 14.1 Å². The van der Waals surface area contributed by atoms with Gasteiger partial charge in [-0.1, -0.05) is 0 Å². The van der Waals surface area contributed by atoms with E-state index in [2.05, 4.69) is 17.5 Å². The van der Waals surface area contributed by atoms with Gasteiger partial charge in [-0.05, 0) is 12.2 Å². The largest absolute Gasteiger partial charge is 0.479 e. The Hall–Kier alpha value is -1.37. The molecule has 0 rings (SSSR count). The number of carbonyl (C=O) groups is 2. The molecule has 6 nitrogen and oxygen atoms in total. The molecule has 0 aliphatic carbocycles. The fraction of sp³-hybridized carbons (Fsp3) is 0.500. The minimum atomic E-state index is -1.70. The van der Waals surface area contributed by atoms with Crippen LogP contribution in [0.5, 0.6) is 0 Å². The first kappa shape index (κ1) is 11.6. The molecular weight excluding hydrogens is 196 g/mol. The van der Waals surface area contributed by atoms with E-state index < -0.39 is 18.0 Å². The summed E-state index contributed by atoms with van der Waals surface area (Å²) in [5, 5.41) is 19.1. The van der Waals surface area contributed by atoms with Crippen LogP contribution in [0, 0.1) is 0 Å². The number of thiocarbonyl (C=S) groups is 1. The molecule has 3 N–H and O–H groups in total. The summed E-state index contributed by atoms with van der Waals surface area (Å²) in [6.45, 7) is 0. The van der Waals surface area contributed by atoms with Crippen molar-refractivity contribution >= 4 is 29.3 Å². The van der Waals surface area contributed by atoms with E-state index in [0.717, 1.165) is 0 Å². The second-order valence-electron chi connectivity index (χ2n) is 2.45. The number of hydrogen-bond acceptors (Lipinski definition) is 3. The number of carboxylic acids is 2. The van der Waals surface area contributed by atoms with Gasteiger partial charge in [0.05, 0.1) is 0 Å². The monoisotopic (exact) mass is 206 g/mol. The van der Waals surface area contributed by atoms with E-state index in [1.54, 1.807) is 14.1 Å². The summed E-state index contributed by atoms with van der Waals surface area (Å²) in [5.41, 5.74) is 0. The average molecular weight is 206 g/mol. The summed E-state index contributed by atoms with van der Waals surface area (Å²) in [5.74, 6) is -2.95. The molecule has 0 amide bonds. The maximum atomic E-state index is 10.4. The van der Waals surface area contributed by atoms with Gasteiger partial charge in [-0.25, -0.2) is 9.59 Å². The molecule has 0 unspecified atom stereocenters. The molecule has 7 heteroatoms. The van der Waals surface area contributed by atoms with Crippen LogP contribution in [-0.4, -0.2) is 52.3 Å². The molecule has 0 fully saturated rings. The molecule has 0 bridgehead atoms. The fourth-order valence-electron chi connectivity index (χ4n) is 0.482. The lowest BCUT2D eigenvalue weighted by Crippen LogP contribution is -2.49. The molecule has 0 aliphatic rings. The minimum absolute atomic E-state index is 0.0646. The van der Waals surface area contributed by atoms with E-state index in [1.807, 2.05) is 0 Å². The molecule has 0 aromatic carbocycles. The molecule has 0 aromatic heterocycles. The Morgan fingerprint density at radius 2 is 1.69 bits per heavy atom.